The molecule has 6 nitrogen and oxygen atoms in total. The van der Waals surface area contributed by atoms with E-state index in [0.717, 1.165) is 11.6 Å². The molecule has 9 heteroatoms. The zero-order valence-electron chi connectivity index (χ0n) is 16.5. The lowest BCUT2D eigenvalue weighted by Crippen LogP contribution is -2.42. The fourth-order valence-electron chi connectivity index (χ4n) is 3.36. The summed E-state index contributed by atoms with van der Waals surface area (Å²) in [5, 5.41) is 4.48. The first-order valence-corrected chi connectivity index (χ1v) is 8.98. The molecule has 0 radical (unpaired) electrons. The van der Waals surface area contributed by atoms with Gasteiger partial charge in [-0.05, 0) is 46.2 Å². The Morgan fingerprint density at radius 2 is 1.93 bits per heavy atom. The van der Waals surface area contributed by atoms with E-state index in [0.29, 0.717) is 24.4 Å². The molecule has 0 saturated heterocycles. The number of carbonyl (C=O) groups excluding carboxylic acids is 1. The molecule has 0 N–H and O–H groups in total. The van der Waals surface area contributed by atoms with Gasteiger partial charge >= 0.3 is 12.3 Å². The number of pyridine rings is 1. The molecule has 0 saturated carbocycles. The summed E-state index contributed by atoms with van der Waals surface area (Å²) in [6.07, 6.45) is -4.50. The largest absolute Gasteiger partial charge is 0.444 e. The summed E-state index contributed by atoms with van der Waals surface area (Å²) in [6, 6.07) is 3.46. The quantitative estimate of drug-likeness (QED) is 0.719. The Morgan fingerprint density at radius 1 is 1.25 bits per heavy atom. The molecule has 1 amide bonds. The number of amides is 1. The van der Waals surface area contributed by atoms with Gasteiger partial charge < -0.3 is 4.74 Å². The predicted molar refractivity (Wildman–Crippen MR) is 96.5 cm³/mol. The zero-order valence-corrected chi connectivity index (χ0v) is 16.5. The average Bonchev–Trinajstić information content (AvgIpc) is 2.90. The van der Waals surface area contributed by atoms with Crippen molar-refractivity contribution >= 4 is 6.09 Å². The number of rotatable bonds is 1. The number of alkyl halides is 3. The molecule has 1 aliphatic heterocycles. The molecule has 2 aromatic heterocycles. The first-order chi connectivity index (χ1) is 12.9. The lowest BCUT2D eigenvalue weighted by atomic mass is 9.97. The molecule has 3 heterocycles. The summed E-state index contributed by atoms with van der Waals surface area (Å²) in [4.78, 5) is 17.9. The van der Waals surface area contributed by atoms with E-state index >= 15 is 0 Å². The number of ether oxygens (including phenoxy) is 1. The van der Waals surface area contributed by atoms with E-state index in [-0.39, 0.29) is 11.7 Å². The van der Waals surface area contributed by atoms with Crippen LogP contribution in [0.4, 0.5) is 18.0 Å². The van der Waals surface area contributed by atoms with Crippen molar-refractivity contribution < 1.29 is 22.7 Å². The van der Waals surface area contributed by atoms with Gasteiger partial charge in [-0.15, -0.1) is 0 Å². The molecule has 152 valence electrons. The Morgan fingerprint density at radius 3 is 2.54 bits per heavy atom. The summed E-state index contributed by atoms with van der Waals surface area (Å²) >= 11 is 0. The van der Waals surface area contributed by atoms with Crippen molar-refractivity contribution in [2.45, 2.75) is 51.9 Å². The van der Waals surface area contributed by atoms with Crippen molar-refractivity contribution in [3.05, 3.63) is 35.2 Å². The van der Waals surface area contributed by atoms with Gasteiger partial charge in [-0.25, -0.2) is 9.78 Å². The Bertz CT molecular complexity index is 900. The minimum atomic E-state index is -4.52. The summed E-state index contributed by atoms with van der Waals surface area (Å²) in [5.74, 6) is 0. The third-order valence-corrected chi connectivity index (χ3v) is 4.55. The molecule has 0 bridgehead atoms. The van der Waals surface area contributed by atoms with Crippen LogP contribution in [0.5, 0.6) is 0 Å². The molecule has 0 aliphatic carbocycles. The van der Waals surface area contributed by atoms with Gasteiger partial charge in [-0.2, -0.15) is 18.3 Å². The Labute approximate surface area is 161 Å². The summed E-state index contributed by atoms with van der Waals surface area (Å²) in [5.41, 5.74) is 0.643. The Balaban J connectivity index is 1.97. The molecule has 28 heavy (non-hydrogen) atoms. The van der Waals surface area contributed by atoms with Crippen LogP contribution >= 0.6 is 0 Å². The second-order valence-electron chi connectivity index (χ2n) is 7.84. The highest BCUT2D eigenvalue weighted by molar-refractivity contribution is 5.70. The molecule has 1 atom stereocenters. The normalized spacial score (nSPS) is 17.4. The summed E-state index contributed by atoms with van der Waals surface area (Å²) < 4.78 is 46.1. The van der Waals surface area contributed by atoms with Gasteiger partial charge in [0.2, 0.25) is 0 Å². The fourth-order valence-corrected chi connectivity index (χ4v) is 3.36. The summed E-state index contributed by atoms with van der Waals surface area (Å²) in [7, 11) is 1.67. The van der Waals surface area contributed by atoms with Crippen molar-refractivity contribution in [3.63, 3.8) is 0 Å². The number of fused-ring (bicyclic) bond motifs is 1. The number of carbonyl (C=O) groups is 1. The molecule has 1 aliphatic rings. The molecule has 3 rings (SSSR count). The van der Waals surface area contributed by atoms with Crippen LogP contribution in [0.2, 0.25) is 0 Å². The van der Waals surface area contributed by atoms with Crippen LogP contribution in [0.25, 0.3) is 11.4 Å². The van der Waals surface area contributed by atoms with Gasteiger partial charge in [0.15, 0.2) is 0 Å². The number of aryl methyl sites for hydroxylation is 1. The number of nitrogens with zero attached hydrogens (tertiary/aromatic N) is 4. The minimum absolute atomic E-state index is 0.212. The molecular formula is C19H23F3N4O2. The van der Waals surface area contributed by atoms with E-state index < -0.39 is 23.6 Å². The standard InChI is InChI=1S/C19H23F3N4O2/c1-11-15-12(9-10-26(11)17(27)28-18(2,3)4)16(25(5)24-15)13-7-6-8-14(23-13)19(20,21)22/h6-8,11H,9-10H2,1-5H3. The fraction of sp³-hybridized carbons (Fsp3) is 0.526. The summed E-state index contributed by atoms with van der Waals surface area (Å²) in [6.45, 7) is 7.61. The molecule has 2 aromatic rings. The second kappa shape index (κ2) is 6.79. The number of halogens is 3. The minimum Gasteiger partial charge on any atom is -0.444 e. The van der Waals surface area contributed by atoms with E-state index in [4.69, 9.17) is 4.74 Å². The van der Waals surface area contributed by atoms with Crippen LogP contribution in [0, 0.1) is 0 Å². The van der Waals surface area contributed by atoms with Gasteiger partial charge in [-0.3, -0.25) is 9.58 Å². The van der Waals surface area contributed by atoms with Crippen LogP contribution in [0.15, 0.2) is 18.2 Å². The van der Waals surface area contributed by atoms with Crippen molar-refractivity contribution in [1.82, 2.24) is 19.7 Å². The van der Waals surface area contributed by atoms with E-state index in [9.17, 15) is 18.0 Å². The first-order valence-electron chi connectivity index (χ1n) is 8.98. The predicted octanol–water partition coefficient (Wildman–Crippen LogP) is 4.36. The third kappa shape index (κ3) is 3.83. The van der Waals surface area contributed by atoms with Gasteiger partial charge in [0.25, 0.3) is 0 Å². The van der Waals surface area contributed by atoms with E-state index in [1.54, 1.807) is 32.7 Å². The van der Waals surface area contributed by atoms with Crippen LogP contribution in [0.3, 0.4) is 0 Å². The van der Waals surface area contributed by atoms with Crippen molar-refractivity contribution in [1.29, 1.82) is 0 Å². The maximum Gasteiger partial charge on any atom is 0.433 e. The van der Waals surface area contributed by atoms with Gasteiger partial charge in [-0.1, -0.05) is 6.07 Å². The highest BCUT2D eigenvalue weighted by Crippen LogP contribution is 2.36. The Hall–Kier alpha value is -2.58. The smallest absolute Gasteiger partial charge is 0.433 e. The van der Waals surface area contributed by atoms with Gasteiger partial charge in [0.1, 0.15) is 11.3 Å². The van der Waals surface area contributed by atoms with Crippen LogP contribution in [-0.4, -0.2) is 37.9 Å². The van der Waals surface area contributed by atoms with Crippen LogP contribution in [-0.2, 0) is 24.4 Å². The average molecular weight is 396 g/mol. The highest BCUT2D eigenvalue weighted by atomic mass is 19.4. The number of hydrogen-bond acceptors (Lipinski definition) is 4. The molecule has 0 spiro atoms. The second-order valence-corrected chi connectivity index (χ2v) is 7.84. The highest BCUT2D eigenvalue weighted by Gasteiger charge is 2.36. The number of hydrogen-bond donors (Lipinski definition) is 0. The van der Waals surface area contributed by atoms with Gasteiger partial charge in [0, 0.05) is 19.2 Å². The Kier molecular flexibility index (Phi) is 4.89. The zero-order chi connectivity index (χ0) is 20.9. The SMILES string of the molecule is CC1c2nn(C)c(-c3cccc(C(F)(F)F)n3)c2CCN1C(=O)OC(C)(C)C. The lowest BCUT2D eigenvalue weighted by molar-refractivity contribution is -0.141. The first kappa shape index (κ1) is 20.2. The van der Waals surface area contributed by atoms with E-state index in [2.05, 4.69) is 10.1 Å². The number of aromatic nitrogens is 3. The van der Waals surface area contributed by atoms with Crippen molar-refractivity contribution in [3.8, 4) is 11.4 Å². The lowest BCUT2D eigenvalue weighted by Gasteiger charge is -2.34. The maximum atomic E-state index is 13.0. The van der Waals surface area contributed by atoms with Crippen LogP contribution in [0.1, 0.15) is 50.7 Å². The van der Waals surface area contributed by atoms with E-state index in [1.165, 1.54) is 16.8 Å². The van der Waals surface area contributed by atoms with E-state index in [1.807, 2.05) is 6.92 Å². The third-order valence-electron chi connectivity index (χ3n) is 4.55. The molecular weight excluding hydrogens is 373 g/mol. The molecule has 0 fully saturated rings. The van der Waals surface area contributed by atoms with Crippen LogP contribution < -0.4 is 0 Å². The van der Waals surface area contributed by atoms with Crippen molar-refractivity contribution in [2.24, 2.45) is 7.05 Å². The monoisotopic (exact) mass is 396 g/mol. The van der Waals surface area contributed by atoms with Gasteiger partial charge in [0.05, 0.1) is 23.1 Å². The molecule has 0 aromatic carbocycles. The molecule has 1 unspecified atom stereocenters. The maximum absolute atomic E-state index is 13.0. The van der Waals surface area contributed by atoms with Crippen molar-refractivity contribution in [2.75, 3.05) is 6.54 Å². The topological polar surface area (TPSA) is 60.2 Å².